The first-order chi connectivity index (χ1) is 13.6. The first kappa shape index (κ1) is 20.0. The Bertz CT molecular complexity index is 788. The number of amides is 1. The standard InChI is InChI=1S/C22H29N3O3/c1-23(16-18-8-4-6-10-20(18)27-2)22(26)17-24-12-14-25(15-13-24)19-9-5-7-11-21(19)28-3/h4-11H,12-17H2,1-3H3/p+1. The Morgan fingerprint density at radius 2 is 1.61 bits per heavy atom. The highest BCUT2D eigenvalue weighted by Gasteiger charge is 2.25. The second-order valence-electron chi connectivity index (χ2n) is 7.15. The summed E-state index contributed by atoms with van der Waals surface area (Å²) in [4.78, 5) is 18.1. The zero-order valence-electron chi connectivity index (χ0n) is 17.0. The van der Waals surface area contributed by atoms with E-state index in [1.807, 2.05) is 49.5 Å². The van der Waals surface area contributed by atoms with Crippen molar-refractivity contribution in [2.75, 3.05) is 58.9 Å². The average molecular weight is 385 g/mol. The molecule has 2 aromatic carbocycles. The minimum absolute atomic E-state index is 0.159. The van der Waals surface area contributed by atoms with Crippen LogP contribution in [0.5, 0.6) is 11.5 Å². The molecule has 1 amide bonds. The van der Waals surface area contributed by atoms with E-state index in [0.29, 0.717) is 13.1 Å². The monoisotopic (exact) mass is 384 g/mol. The van der Waals surface area contributed by atoms with Crippen LogP contribution in [-0.2, 0) is 11.3 Å². The number of ether oxygens (including phenoxy) is 2. The van der Waals surface area contributed by atoms with Gasteiger partial charge in [0.1, 0.15) is 11.5 Å². The highest BCUT2D eigenvalue weighted by molar-refractivity contribution is 5.76. The second-order valence-corrected chi connectivity index (χ2v) is 7.15. The molecule has 1 saturated heterocycles. The Hall–Kier alpha value is -2.73. The van der Waals surface area contributed by atoms with Gasteiger partial charge in [0.25, 0.3) is 5.91 Å². The first-order valence-electron chi connectivity index (χ1n) is 9.69. The molecular weight excluding hydrogens is 354 g/mol. The highest BCUT2D eigenvalue weighted by atomic mass is 16.5. The predicted octanol–water partition coefficient (Wildman–Crippen LogP) is 1.07. The summed E-state index contributed by atoms with van der Waals surface area (Å²) < 4.78 is 10.9. The van der Waals surface area contributed by atoms with Crippen LogP contribution in [0.15, 0.2) is 48.5 Å². The quantitative estimate of drug-likeness (QED) is 0.776. The molecule has 6 heteroatoms. The summed E-state index contributed by atoms with van der Waals surface area (Å²) in [6, 6.07) is 15.9. The summed E-state index contributed by atoms with van der Waals surface area (Å²) in [5, 5.41) is 0. The summed E-state index contributed by atoms with van der Waals surface area (Å²) in [6.45, 7) is 4.78. The number of hydrogen-bond donors (Lipinski definition) is 1. The third-order valence-electron chi connectivity index (χ3n) is 5.32. The number of piperazine rings is 1. The number of nitrogens with zero attached hydrogens (tertiary/aromatic N) is 2. The third kappa shape index (κ3) is 4.75. The van der Waals surface area contributed by atoms with Gasteiger partial charge in [0.05, 0.1) is 46.1 Å². The van der Waals surface area contributed by atoms with Gasteiger partial charge in [0.15, 0.2) is 6.54 Å². The van der Waals surface area contributed by atoms with Crippen molar-refractivity contribution in [1.82, 2.24) is 4.90 Å². The summed E-state index contributed by atoms with van der Waals surface area (Å²) in [5.74, 6) is 1.88. The van der Waals surface area contributed by atoms with Crippen molar-refractivity contribution in [2.45, 2.75) is 6.54 Å². The molecular formula is C22H30N3O3+. The molecule has 28 heavy (non-hydrogen) atoms. The number of carbonyl (C=O) groups is 1. The van der Waals surface area contributed by atoms with Crippen LogP contribution in [0.4, 0.5) is 5.69 Å². The maximum Gasteiger partial charge on any atom is 0.277 e. The van der Waals surface area contributed by atoms with Crippen molar-refractivity contribution in [3.05, 3.63) is 54.1 Å². The van der Waals surface area contributed by atoms with Crippen molar-refractivity contribution in [3.8, 4) is 11.5 Å². The second kappa shape index (κ2) is 9.46. The van der Waals surface area contributed by atoms with E-state index >= 15 is 0 Å². The number of quaternary nitrogens is 1. The summed E-state index contributed by atoms with van der Waals surface area (Å²) in [7, 11) is 5.22. The van der Waals surface area contributed by atoms with Crippen molar-refractivity contribution < 1.29 is 19.2 Å². The largest absolute Gasteiger partial charge is 0.496 e. The fourth-order valence-corrected chi connectivity index (χ4v) is 3.66. The molecule has 1 aliphatic rings. The average Bonchev–Trinajstić information content (AvgIpc) is 2.74. The molecule has 1 fully saturated rings. The number of benzene rings is 2. The van der Waals surface area contributed by atoms with Crippen LogP contribution >= 0.6 is 0 Å². The summed E-state index contributed by atoms with van der Waals surface area (Å²) in [5.41, 5.74) is 2.15. The zero-order chi connectivity index (χ0) is 19.9. The number of nitrogens with one attached hydrogen (secondary N) is 1. The van der Waals surface area contributed by atoms with Gasteiger partial charge in [0.2, 0.25) is 0 Å². The fourth-order valence-electron chi connectivity index (χ4n) is 3.66. The van der Waals surface area contributed by atoms with Gasteiger partial charge in [-0.1, -0.05) is 30.3 Å². The van der Waals surface area contributed by atoms with Crippen molar-refractivity contribution in [2.24, 2.45) is 0 Å². The maximum atomic E-state index is 12.7. The lowest BCUT2D eigenvalue weighted by molar-refractivity contribution is -0.892. The SMILES string of the molecule is COc1ccccc1CN(C)C(=O)C[NH+]1CCN(c2ccccc2OC)CC1. The van der Waals surface area contributed by atoms with E-state index in [1.165, 1.54) is 4.90 Å². The molecule has 1 aliphatic heterocycles. The Kier molecular flexibility index (Phi) is 6.76. The number of hydrogen-bond acceptors (Lipinski definition) is 4. The molecule has 1 heterocycles. The van der Waals surface area contributed by atoms with Crippen LogP contribution in [0, 0.1) is 0 Å². The molecule has 6 nitrogen and oxygen atoms in total. The van der Waals surface area contributed by atoms with Crippen LogP contribution in [0.3, 0.4) is 0 Å². The predicted molar refractivity (Wildman–Crippen MR) is 110 cm³/mol. The topological polar surface area (TPSA) is 46.5 Å². The Morgan fingerprint density at radius 1 is 1.00 bits per heavy atom. The smallest absolute Gasteiger partial charge is 0.277 e. The number of likely N-dealkylation sites (N-methyl/N-ethyl adjacent to an activating group) is 1. The maximum absolute atomic E-state index is 12.7. The lowest BCUT2D eigenvalue weighted by Gasteiger charge is -2.34. The van der Waals surface area contributed by atoms with Crippen LogP contribution in [0.1, 0.15) is 5.56 Å². The van der Waals surface area contributed by atoms with Gasteiger partial charge in [-0.2, -0.15) is 0 Å². The molecule has 0 bridgehead atoms. The van der Waals surface area contributed by atoms with Gasteiger partial charge >= 0.3 is 0 Å². The molecule has 0 unspecified atom stereocenters. The number of para-hydroxylation sites is 3. The fraction of sp³-hybridized carbons (Fsp3) is 0.409. The van der Waals surface area contributed by atoms with Gasteiger partial charge < -0.3 is 24.2 Å². The zero-order valence-corrected chi connectivity index (χ0v) is 17.0. The van der Waals surface area contributed by atoms with Gasteiger partial charge in [-0.25, -0.2) is 0 Å². The van der Waals surface area contributed by atoms with Gasteiger partial charge in [-0.3, -0.25) is 4.79 Å². The molecule has 0 radical (unpaired) electrons. The van der Waals surface area contributed by atoms with E-state index in [2.05, 4.69) is 11.0 Å². The molecule has 3 rings (SSSR count). The molecule has 0 atom stereocenters. The van der Waals surface area contributed by atoms with Crippen molar-refractivity contribution >= 4 is 11.6 Å². The van der Waals surface area contributed by atoms with Crippen molar-refractivity contribution in [1.29, 1.82) is 0 Å². The molecule has 1 N–H and O–H groups in total. The first-order valence-corrected chi connectivity index (χ1v) is 9.69. The van der Waals surface area contributed by atoms with Crippen LogP contribution in [0.2, 0.25) is 0 Å². The van der Waals surface area contributed by atoms with E-state index in [1.54, 1.807) is 19.1 Å². The number of carbonyl (C=O) groups excluding carboxylic acids is 1. The number of rotatable bonds is 7. The Labute approximate surface area is 167 Å². The Balaban J connectivity index is 1.52. The molecule has 0 aromatic heterocycles. The summed E-state index contributed by atoms with van der Waals surface area (Å²) in [6.07, 6.45) is 0. The van der Waals surface area contributed by atoms with Crippen molar-refractivity contribution in [3.63, 3.8) is 0 Å². The van der Waals surface area contributed by atoms with Crippen LogP contribution < -0.4 is 19.3 Å². The summed E-state index contributed by atoms with van der Waals surface area (Å²) >= 11 is 0. The van der Waals surface area contributed by atoms with E-state index in [0.717, 1.165) is 48.9 Å². The van der Waals surface area contributed by atoms with E-state index < -0.39 is 0 Å². The van der Waals surface area contributed by atoms with Gasteiger partial charge in [-0.15, -0.1) is 0 Å². The minimum atomic E-state index is 0.159. The van der Waals surface area contributed by atoms with Gasteiger partial charge in [0, 0.05) is 19.2 Å². The van der Waals surface area contributed by atoms with E-state index in [4.69, 9.17) is 9.47 Å². The van der Waals surface area contributed by atoms with Gasteiger partial charge in [-0.05, 0) is 18.2 Å². The molecule has 0 aliphatic carbocycles. The van der Waals surface area contributed by atoms with Crippen LogP contribution in [-0.4, -0.2) is 64.8 Å². The molecule has 0 saturated carbocycles. The van der Waals surface area contributed by atoms with E-state index in [-0.39, 0.29) is 5.91 Å². The molecule has 150 valence electrons. The van der Waals surface area contributed by atoms with Crippen LogP contribution in [0.25, 0.3) is 0 Å². The normalized spacial score (nSPS) is 14.6. The minimum Gasteiger partial charge on any atom is -0.496 e. The third-order valence-corrected chi connectivity index (χ3v) is 5.32. The van der Waals surface area contributed by atoms with E-state index in [9.17, 15) is 4.79 Å². The number of methoxy groups -OCH3 is 2. The Morgan fingerprint density at radius 3 is 2.29 bits per heavy atom. The lowest BCUT2D eigenvalue weighted by Crippen LogP contribution is -3.15. The lowest BCUT2D eigenvalue weighted by atomic mass is 10.2. The molecule has 0 spiro atoms. The number of anilines is 1. The highest BCUT2D eigenvalue weighted by Crippen LogP contribution is 2.27. The molecule has 2 aromatic rings.